The molecule has 1 heterocycles. The van der Waals surface area contributed by atoms with E-state index in [2.05, 4.69) is 64.7 Å². The maximum Gasteiger partial charge on any atom is 0.0628 e. The Hall–Kier alpha value is -0.830. The summed E-state index contributed by atoms with van der Waals surface area (Å²) in [6.45, 7) is 17.0. The van der Waals surface area contributed by atoms with E-state index in [1.165, 1.54) is 30.5 Å². The molecule has 1 aromatic heterocycles. The maximum atomic E-state index is 4.77. The smallest absolute Gasteiger partial charge is 0.0628 e. The van der Waals surface area contributed by atoms with E-state index in [0.717, 1.165) is 6.54 Å². The summed E-state index contributed by atoms with van der Waals surface area (Å²) < 4.78 is 2.14. The first-order valence-electron chi connectivity index (χ1n) is 8.54. The highest BCUT2D eigenvalue weighted by molar-refractivity contribution is 5.29. The molecule has 3 atom stereocenters. The van der Waals surface area contributed by atoms with Crippen LogP contribution in [-0.4, -0.2) is 22.4 Å². The summed E-state index contributed by atoms with van der Waals surface area (Å²) in [5.41, 5.74) is 3.10. The number of hydrogen-bond donors (Lipinski definition) is 1. The molecule has 3 heteroatoms. The van der Waals surface area contributed by atoms with E-state index >= 15 is 0 Å². The van der Waals surface area contributed by atoms with Crippen molar-refractivity contribution in [2.45, 2.75) is 85.2 Å². The van der Waals surface area contributed by atoms with Gasteiger partial charge in [-0.3, -0.25) is 4.68 Å². The maximum absolute atomic E-state index is 4.77. The first kappa shape index (κ1) is 16.5. The predicted molar refractivity (Wildman–Crippen MR) is 89.8 cm³/mol. The molecule has 0 spiro atoms. The highest BCUT2D eigenvalue weighted by atomic mass is 15.3. The second-order valence-electron chi connectivity index (χ2n) is 7.94. The van der Waals surface area contributed by atoms with Crippen LogP contribution in [0.4, 0.5) is 0 Å². The van der Waals surface area contributed by atoms with E-state index in [-0.39, 0.29) is 5.54 Å². The van der Waals surface area contributed by atoms with Crippen molar-refractivity contribution in [2.75, 3.05) is 6.54 Å². The minimum Gasteiger partial charge on any atom is -0.313 e. The fourth-order valence-electron chi connectivity index (χ4n) is 3.63. The lowest BCUT2D eigenvalue weighted by atomic mass is 9.54. The summed E-state index contributed by atoms with van der Waals surface area (Å²) in [6, 6.07) is 0.657. The fourth-order valence-corrected chi connectivity index (χ4v) is 3.63. The van der Waals surface area contributed by atoms with Gasteiger partial charge >= 0.3 is 0 Å². The van der Waals surface area contributed by atoms with Crippen LogP contribution in [-0.2, 0) is 5.54 Å². The van der Waals surface area contributed by atoms with Crippen molar-refractivity contribution < 1.29 is 0 Å². The van der Waals surface area contributed by atoms with Crippen molar-refractivity contribution in [1.29, 1.82) is 0 Å². The first-order chi connectivity index (χ1) is 9.74. The van der Waals surface area contributed by atoms with E-state index in [4.69, 9.17) is 5.10 Å². The summed E-state index contributed by atoms with van der Waals surface area (Å²) in [5.74, 6) is 0.646. The number of hydrogen-bond acceptors (Lipinski definition) is 2. The third-order valence-corrected chi connectivity index (χ3v) is 5.47. The fraction of sp³-hybridized carbons (Fsp3) is 0.833. The van der Waals surface area contributed by atoms with Crippen LogP contribution in [0.25, 0.3) is 0 Å². The number of aryl methyl sites for hydroxylation is 1. The molecule has 120 valence electrons. The van der Waals surface area contributed by atoms with E-state index in [1.54, 1.807) is 0 Å². The first-order valence-corrected chi connectivity index (χ1v) is 8.54. The second-order valence-corrected chi connectivity index (χ2v) is 7.94. The van der Waals surface area contributed by atoms with Gasteiger partial charge in [-0.25, -0.2) is 0 Å². The third kappa shape index (κ3) is 2.90. The van der Waals surface area contributed by atoms with Crippen LogP contribution in [0.1, 0.15) is 78.0 Å². The topological polar surface area (TPSA) is 29.9 Å². The van der Waals surface area contributed by atoms with Crippen molar-refractivity contribution in [3.63, 3.8) is 0 Å². The molecule has 0 aliphatic heterocycles. The lowest BCUT2D eigenvalue weighted by Crippen LogP contribution is -2.57. The summed E-state index contributed by atoms with van der Waals surface area (Å²) in [4.78, 5) is 0. The minimum absolute atomic E-state index is 0.0647. The van der Waals surface area contributed by atoms with Crippen LogP contribution in [0.2, 0.25) is 0 Å². The molecule has 0 radical (unpaired) electrons. The van der Waals surface area contributed by atoms with Gasteiger partial charge in [0.05, 0.1) is 11.2 Å². The molecule has 0 saturated heterocycles. The van der Waals surface area contributed by atoms with Crippen molar-refractivity contribution in [3.05, 3.63) is 17.5 Å². The predicted octanol–water partition coefficient (Wildman–Crippen LogP) is 4.22. The van der Waals surface area contributed by atoms with Gasteiger partial charge in [0.2, 0.25) is 0 Å². The lowest BCUT2D eigenvalue weighted by Gasteiger charge is -2.54. The van der Waals surface area contributed by atoms with Crippen molar-refractivity contribution in [1.82, 2.24) is 15.1 Å². The monoisotopic (exact) mass is 291 g/mol. The van der Waals surface area contributed by atoms with E-state index in [1.807, 2.05) is 0 Å². The Morgan fingerprint density at radius 3 is 2.52 bits per heavy atom. The highest BCUT2D eigenvalue weighted by Gasteiger charge is 2.51. The molecule has 21 heavy (non-hydrogen) atoms. The zero-order valence-corrected chi connectivity index (χ0v) is 15.0. The van der Waals surface area contributed by atoms with Crippen LogP contribution in [0, 0.1) is 12.3 Å². The lowest BCUT2D eigenvalue weighted by molar-refractivity contribution is 0.0441. The van der Waals surface area contributed by atoms with Gasteiger partial charge < -0.3 is 5.32 Å². The van der Waals surface area contributed by atoms with Gasteiger partial charge in [-0.15, -0.1) is 0 Å². The summed E-state index contributed by atoms with van der Waals surface area (Å²) in [7, 11) is 0. The SMILES string of the molecule is CCCNC1CC(c2cn(C(C)(C)C)nc2C)C1(C)CC. The van der Waals surface area contributed by atoms with Gasteiger partial charge in [-0.1, -0.05) is 20.8 Å². The molecular weight excluding hydrogens is 258 g/mol. The van der Waals surface area contributed by atoms with Gasteiger partial charge in [0.15, 0.2) is 0 Å². The summed E-state index contributed by atoms with van der Waals surface area (Å²) in [6.07, 6.45) is 5.98. The van der Waals surface area contributed by atoms with E-state index in [0.29, 0.717) is 17.4 Å². The molecule has 1 aliphatic rings. The van der Waals surface area contributed by atoms with E-state index < -0.39 is 0 Å². The molecule has 3 nitrogen and oxygen atoms in total. The van der Waals surface area contributed by atoms with Crippen LogP contribution < -0.4 is 5.32 Å². The third-order valence-electron chi connectivity index (χ3n) is 5.47. The van der Waals surface area contributed by atoms with Gasteiger partial charge in [0.25, 0.3) is 0 Å². The van der Waals surface area contributed by atoms with Crippen LogP contribution in [0.3, 0.4) is 0 Å². The second kappa shape index (κ2) is 5.75. The Morgan fingerprint density at radius 1 is 1.38 bits per heavy atom. The minimum atomic E-state index is 0.0647. The molecule has 1 aliphatic carbocycles. The molecule has 2 rings (SSSR count). The van der Waals surface area contributed by atoms with Crippen molar-refractivity contribution >= 4 is 0 Å². The van der Waals surface area contributed by atoms with Crippen LogP contribution in [0.5, 0.6) is 0 Å². The number of nitrogens with zero attached hydrogens (tertiary/aromatic N) is 2. The van der Waals surface area contributed by atoms with Gasteiger partial charge in [-0.05, 0) is 70.4 Å². The normalized spacial score (nSPS) is 29.5. The van der Waals surface area contributed by atoms with E-state index in [9.17, 15) is 0 Å². The average Bonchev–Trinajstić information content (AvgIpc) is 2.78. The zero-order valence-electron chi connectivity index (χ0n) is 15.0. The number of aromatic nitrogens is 2. The molecule has 3 unspecified atom stereocenters. The Bertz CT molecular complexity index is 483. The Kier molecular flexibility index (Phi) is 4.53. The molecule has 1 aromatic rings. The highest BCUT2D eigenvalue weighted by Crippen LogP contribution is 2.55. The van der Waals surface area contributed by atoms with Gasteiger partial charge in [0.1, 0.15) is 0 Å². The van der Waals surface area contributed by atoms with Gasteiger partial charge in [-0.2, -0.15) is 5.10 Å². The van der Waals surface area contributed by atoms with Crippen LogP contribution >= 0.6 is 0 Å². The Labute approximate surface area is 130 Å². The number of nitrogens with one attached hydrogen (secondary N) is 1. The average molecular weight is 291 g/mol. The molecule has 1 N–H and O–H groups in total. The zero-order chi connectivity index (χ0) is 15.8. The molecule has 1 saturated carbocycles. The largest absolute Gasteiger partial charge is 0.313 e. The summed E-state index contributed by atoms with van der Waals surface area (Å²) in [5, 5.41) is 8.51. The molecular formula is C18H33N3. The summed E-state index contributed by atoms with van der Waals surface area (Å²) >= 11 is 0. The molecule has 0 aromatic carbocycles. The Balaban J connectivity index is 2.21. The Morgan fingerprint density at radius 2 is 2.05 bits per heavy atom. The molecule has 0 bridgehead atoms. The van der Waals surface area contributed by atoms with Crippen molar-refractivity contribution in [3.8, 4) is 0 Å². The molecule has 1 fully saturated rings. The molecule has 0 amide bonds. The van der Waals surface area contributed by atoms with Gasteiger partial charge in [0, 0.05) is 12.2 Å². The quantitative estimate of drug-likeness (QED) is 0.880. The van der Waals surface area contributed by atoms with Crippen molar-refractivity contribution in [2.24, 2.45) is 5.41 Å². The van der Waals surface area contributed by atoms with Crippen LogP contribution in [0.15, 0.2) is 6.20 Å². The number of rotatable bonds is 5. The standard InChI is InChI=1S/C18H33N3/c1-8-10-19-16-11-15(18(16,7)9-2)14-12-21(17(4,5)6)20-13(14)3/h12,15-16,19H,8-11H2,1-7H3.